The number of nitriles is 1. The van der Waals surface area contributed by atoms with E-state index in [0.29, 0.717) is 11.6 Å². The maximum atomic E-state index is 9.24. The first-order valence-corrected chi connectivity index (χ1v) is 8.10. The highest BCUT2D eigenvalue weighted by atomic mass is 79.9. The van der Waals surface area contributed by atoms with Crippen LogP contribution in [0, 0.1) is 11.3 Å². The van der Waals surface area contributed by atoms with Gasteiger partial charge in [-0.15, -0.1) is 0 Å². The number of hydrogen-bond donors (Lipinski definition) is 1. The van der Waals surface area contributed by atoms with Crippen molar-refractivity contribution >= 4 is 21.6 Å². The summed E-state index contributed by atoms with van der Waals surface area (Å²) < 4.78 is 7.00. The van der Waals surface area contributed by atoms with Gasteiger partial charge in [-0.3, -0.25) is 0 Å². The third-order valence-corrected chi connectivity index (χ3v) is 4.96. The minimum Gasteiger partial charge on any atom is -0.381 e. The van der Waals surface area contributed by atoms with Crippen LogP contribution in [0.15, 0.2) is 22.7 Å². The van der Waals surface area contributed by atoms with E-state index in [2.05, 4.69) is 27.3 Å². The smallest absolute Gasteiger partial charge is 0.101 e. The van der Waals surface area contributed by atoms with Gasteiger partial charge in [-0.05, 0) is 43.9 Å². The molecule has 1 aliphatic heterocycles. The molecule has 0 bridgehead atoms. The zero-order valence-electron chi connectivity index (χ0n) is 11.5. The van der Waals surface area contributed by atoms with Gasteiger partial charge in [0, 0.05) is 17.1 Å². The molecule has 1 aromatic carbocycles. The monoisotopic (exact) mass is 334 g/mol. The second-order valence-electron chi connectivity index (χ2n) is 5.87. The Balaban J connectivity index is 1.73. The first kappa shape index (κ1) is 13.9. The molecular formula is C16H19BrN2O. The van der Waals surface area contributed by atoms with E-state index in [1.54, 1.807) is 0 Å². The number of nitrogens with zero attached hydrogens (tertiary/aromatic N) is 1. The number of nitrogens with one attached hydrogen (secondary N) is 1. The van der Waals surface area contributed by atoms with Crippen molar-refractivity contribution in [3.63, 3.8) is 0 Å². The zero-order valence-corrected chi connectivity index (χ0v) is 13.1. The molecule has 4 heteroatoms. The normalized spacial score (nSPS) is 24.5. The van der Waals surface area contributed by atoms with Crippen molar-refractivity contribution < 1.29 is 4.74 Å². The summed E-state index contributed by atoms with van der Waals surface area (Å²) >= 11 is 3.41. The van der Waals surface area contributed by atoms with Crippen molar-refractivity contribution in [3.05, 3.63) is 28.2 Å². The van der Waals surface area contributed by atoms with E-state index in [9.17, 15) is 5.26 Å². The van der Waals surface area contributed by atoms with Crippen LogP contribution in [-0.2, 0) is 4.74 Å². The molecule has 1 aromatic rings. The average Bonchev–Trinajstić information content (AvgIpc) is 2.89. The summed E-state index contributed by atoms with van der Waals surface area (Å²) in [5.74, 6) is 0. The molecule has 106 valence electrons. The summed E-state index contributed by atoms with van der Waals surface area (Å²) in [6.07, 6.45) is 7.03. The Morgan fingerprint density at radius 1 is 1.35 bits per heavy atom. The van der Waals surface area contributed by atoms with Gasteiger partial charge in [0.15, 0.2) is 0 Å². The lowest BCUT2D eigenvalue weighted by Gasteiger charge is -2.39. The fraction of sp³-hybridized carbons (Fsp3) is 0.562. The van der Waals surface area contributed by atoms with Gasteiger partial charge in [0.05, 0.1) is 16.9 Å². The summed E-state index contributed by atoms with van der Waals surface area (Å²) in [6, 6.07) is 8.51. The van der Waals surface area contributed by atoms with Gasteiger partial charge in [-0.1, -0.05) is 28.8 Å². The molecule has 1 unspecified atom stereocenters. The van der Waals surface area contributed by atoms with Gasteiger partial charge in [0.2, 0.25) is 0 Å². The van der Waals surface area contributed by atoms with Gasteiger partial charge in [0.1, 0.15) is 6.07 Å². The molecule has 0 amide bonds. The Bertz CT molecular complexity index is 532. The lowest BCUT2D eigenvalue weighted by Crippen LogP contribution is -2.42. The van der Waals surface area contributed by atoms with Gasteiger partial charge in [0.25, 0.3) is 0 Å². The molecule has 3 rings (SSSR count). The van der Waals surface area contributed by atoms with E-state index in [4.69, 9.17) is 4.74 Å². The molecule has 1 saturated carbocycles. The fourth-order valence-corrected chi connectivity index (χ4v) is 3.83. The topological polar surface area (TPSA) is 45.0 Å². The van der Waals surface area contributed by atoms with Crippen LogP contribution in [0.5, 0.6) is 0 Å². The Morgan fingerprint density at radius 2 is 2.15 bits per heavy atom. The maximum absolute atomic E-state index is 9.24. The molecule has 3 nitrogen and oxygen atoms in total. The van der Waals surface area contributed by atoms with Crippen molar-refractivity contribution in [3.8, 4) is 6.07 Å². The predicted octanol–water partition coefficient (Wildman–Crippen LogP) is 4.22. The van der Waals surface area contributed by atoms with Crippen molar-refractivity contribution in [1.29, 1.82) is 5.26 Å². The summed E-state index contributed by atoms with van der Waals surface area (Å²) in [6.45, 7) is 0.829. The summed E-state index contributed by atoms with van der Waals surface area (Å²) in [5.41, 5.74) is 1.75. The second-order valence-corrected chi connectivity index (χ2v) is 6.79. The highest BCUT2D eigenvalue weighted by Gasteiger charge is 2.39. The van der Waals surface area contributed by atoms with Gasteiger partial charge in [-0.25, -0.2) is 0 Å². The molecule has 2 aliphatic rings. The van der Waals surface area contributed by atoms with Crippen LogP contribution in [0.25, 0.3) is 0 Å². The molecule has 1 aliphatic carbocycles. The lowest BCUT2D eigenvalue weighted by molar-refractivity contribution is -0.0767. The van der Waals surface area contributed by atoms with E-state index in [-0.39, 0.29) is 5.60 Å². The summed E-state index contributed by atoms with van der Waals surface area (Å²) in [4.78, 5) is 0. The standard InChI is InChI=1S/C16H19BrN2O/c17-13-3-4-15(12(9-13)11-18)19-14-5-8-20-16(10-14)6-1-2-7-16/h3-4,9,14,19H,1-2,5-8,10H2. The van der Waals surface area contributed by atoms with Crippen LogP contribution in [0.3, 0.4) is 0 Å². The molecule has 20 heavy (non-hydrogen) atoms. The Kier molecular flexibility index (Phi) is 4.00. The van der Waals surface area contributed by atoms with Crippen molar-refractivity contribution in [2.75, 3.05) is 11.9 Å². The SMILES string of the molecule is N#Cc1cc(Br)ccc1NC1CCOC2(CCCC2)C1. The summed E-state index contributed by atoms with van der Waals surface area (Å²) in [7, 11) is 0. The minimum absolute atomic E-state index is 0.109. The second kappa shape index (κ2) is 5.75. The third kappa shape index (κ3) is 2.84. The summed E-state index contributed by atoms with van der Waals surface area (Å²) in [5, 5.41) is 12.8. The number of ether oxygens (including phenoxy) is 1. The van der Waals surface area contributed by atoms with Crippen LogP contribution in [0.1, 0.15) is 44.1 Å². The molecular weight excluding hydrogens is 316 g/mol. The maximum Gasteiger partial charge on any atom is 0.101 e. The molecule has 1 spiro atoms. The van der Waals surface area contributed by atoms with Crippen LogP contribution >= 0.6 is 15.9 Å². The molecule has 1 heterocycles. The fourth-order valence-electron chi connectivity index (χ4n) is 3.47. The first-order valence-electron chi connectivity index (χ1n) is 7.31. The molecule has 0 radical (unpaired) electrons. The molecule has 2 fully saturated rings. The lowest BCUT2D eigenvalue weighted by atomic mass is 9.88. The number of anilines is 1. The highest BCUT2D eigenvalue weighted by Crippen LogP contribution is 2.40. The van der Waals surface area contributed by atoms with E-state index in [1.165, 1.54) is 25.7 Å². The largest absolute Gasteiger partial charge is 0.381 e. The van der Waals surface area contributed by atoms with E-state index < -0.39 is 0 Å². The molecule has 0 aromatic heterocycles. The first-order chi connectivity index (χ1) is 9.71. The number of halogens is 1. The average molecular weight is 335 g/mol. The predicted molar refractivity (Wildman–Crippen MR) is 82.7 cm³/mol. The van der Waals surface area contributed by atoms with Gasteiger partial charge < -0.3 is 10.1 Å². The van der Waals surface area contributed by atoms with Gasteiger partial charge >= 0.3 is 0 Å². The Labute approximate surface area is 128 Å². The third-order valence-electron chi connectivity index (χ3n) is 4.47. The van der Waals surface area contributed by atoms with Gasteiger partial charge in [-0.2, -0.15) is 5.26 Å². The zero-order chi connectivity index (χ0) is 14.0. The number of benzene rings is 1. The molecule has 1 atom stereocenters. The highest BCUT2D eigenvalue weighted by molar-refractivity contribution is 9.10. The van der Waals surface area contributed by atoms with Crippen LogP contribution in [0.2, 0.25) is 0 Å². The Morgan fingerprint density at radius 3 is 2.90 bits per heavy atom. The van der Waals surface area contributed by atoms with E-state index in [0.717, 1.165) is 29.6 Å². The van der Waals surface area contributed by atoms with Crippen molar-refractivity contribution in [1.82, 2.24) is 0 Å². The number of hydrogen-bond acceptors (Lipinski definition) is 3. The van der Waals surface area contributed by atoms with E-state index in [1.807, 2.05) is 18.2 Å². The van der Waals surface area contributed by atoms with Crippen LogP contribution in [-0.4, -0.2) is 18.2 Å². The van der Waals surface area contributed by atoms with Crippen LogP contribution in [0.4, 0.5) is 5.69 Å². The minimum atomic E-state index is 0.109. The van der Waals surface area contributed by atoms with Crippen LogP contribution < -0.4 is 5.32 Å². The molecule has 1 N–H and O–H groups in total. The Hall–Kier alpha value is -1.05. The van der Waals surface area contributed by atoms with E-state index >= 15 is 0 Å². The quantitative estimate of drug-likeness (QED) is 0.880. The van der Waals surface area contributed by atoms with Crippen molar-refractivity contribution in [2.24, 2.45) is 0 Å². The van der Waals surface area contributed by atoms with Crippen molar-refractivity contribution in [2.45, 2.75) is 50.2 Å². The molecule has 1 saturated heterocycles. The number of rotatable bonds is 2.